The van der Waals surface area contributed by atoms with E-state index in [1.807, 2.05) is 6.07 Å². The number of nitro groups is 1. The number of non-ortho nitro benzene ring substituents is 1. The quantitative estimate of drug-likeness (QED) is 0.636. The zero-order chi connectivity index (χ0) is 18.5. The molecule has 1 N–H and O–H groups in total. The average Bonchev–Trinajstić information content (AvgIpc) is 2.67. The molecule has 1 aliphatic heterocycles. The molecule has 1 fully saturated rings. The van der Waals surface area contributed by atoms with Crippen LogP contribution < -0.4 is 10.2 Å². The summed E-state index contributed by atoms with van der Waals surface area (Å²) in [4.78, 5) is 33.3. The van der Waals surface area contributed by atoms with Gasteiger partial charge in [-0.1, -0.05) is 11.6 Å². The zero-order valence-corrected chi connectivity index (χ0v) is 14.8. The normalized spacial score (nSPS) is 14.1. The fraction of sp³-hybridized carbons (Fsp3) is 0.353. The number of carbonyl (C=O) groups excluding carboxylic acids is 1. The van der Waals surface area contributed by atoms with Crippen LogP contribution in [0.5, 0.6) is 0 Å². The van der Waals surface area contributed by atoms with Gasteiger partial charge in [-0.2, -0.15) is 0 Å². The standard InChI is InChI=1S/C17H18ClN5O3/c18-14-10-12(23(25)26)4-5-13(14)17(24)20-11-15-19-7-6-16(21-15)22-8-2-1-3-9-22/h4-7,10H,1-3,8-9,11H2,(H,20,24). The third-order valence-corrected chi connectivity index (χ3v) is 4.50. The summed E-state index contributed by atoms with van der Waals surface area (Å²) in [6.07, 6.45) is 5.21. The summed E-state index contributed by atoms with van der Waals surface area (Å²) in [7, 11) is 0. The predicted octanol–water partition coefficient (Wildman–Crippen LogP) is 2.96. The van der Waals surface area contributed by atoms with E-state index in [9.17, 15) is 14.9 Å². The van der Waals surface area contributed by atoms with Crippen molar-refractivity contribution < 1.29 is 9.72 Å². The van der Waals surface area contributed by atoms with Crippen LogP contribution in [0, 0.1) is 10.1 Å². The first kappa shape index (κ1) is 18.1. The van der Waals surface area contributed by atoms with Gasteiger partial charge in [-0.15, -0.1) is 0 Å². The SMILES string of the molecule is O=C(NCc1nccc(N2CCCCC2)n1)c1ccc([N+](=O)[O-])cc1Cl. The largest absolute Gasteiger partial charge is 0.357 e. The lowest BCUT2D eigenvalue weighted by molar-refractivity contribution is -0.384. The van der Waals surface area contributed by atoms with Crippen LogP contribution in [0.15, 0.2) is 30.5 Å². The Morgan fingerprint density at radius 3 is 2.73 bits per heavy atom. The second-order valence-corrected chi connectivity index (χ2v) is 6.39. The number of hydrogen-bond acceptors (Lipinski definition) is 6. The zero-order valence-electron chi connectivity index (χ0n) is 14.0. The van der Waals surface area contributed by atoms with Crippen LogP contribution in [0.2, 0.25) is 5.02 Å². The number of nitrogens with one attached hydrogen (secondary N) is 1. The molecule has 0 unspecified atom stereocenters. The second-order valence-electron chi connectivity index (χ2n) is 5.98. The van der Waals surface area contributed by atoms with Crippen LogP contribution in [0.1, 0.15) is 35.4 Å². The van der Waals surface area contributed by atoms with E-state index >= 15 is 0 Å². The molecule has 0 spiro atoms. The van der Waals surface area contributed by atoms with Gasteiger partial charge in [0.25, 0.3) is 11.6 Å². The van der Waals surface area contributed by atoms with E-state index in [2.05, 4.69) is 20.2 Å². The number of piperidine rings is 1. The predicted molar refractivity (Wildman–Crippen MR) is 97.4 cm³/mol. The lowest BCUT2D eigenvalue weighted by atomic mass is 10.1. The highest BCUT2D eigenvalue weighted by Gasteiger charge is 2.16. The molecule has 1 saturated heterocycles. The number of nitrogens with zero attached hydrogens (tertiary/aromatic N) is 4. The van der Waals surface area contributed by atoms with E-state index in [0.717, 1.165) is 37.8 Å². The van der Waals surface area contributed by atoms with E-state index in [0.29, 0.717) is 5.82 Å². The van der Waals surface area contributed by atoms with Gasteiger partial charge in [-0.3, -0.25) is 14.9 Å². The van der Waals surface area contributed by atoms with Crippen molar-refractivity contribution >= 4 is 29.0 Å². The molecular weight excluding hydrogens is 358 g/mol. The highest BCUT2D eigenvalue weighted by Crippen LogP contribution is 2.22. The molecule has 8 nitrogen and oxygen atoms in total. The molecule has 0 aliphatic carbocycles. The van der Waals surface area contributed by atoms with Gasteiger partial charge in [0.15, 0.2) is 0 Å². The van der Waals surface area contributed by atoms with Crippen molar-refractivity contribution in [3.63, 3.8) is 0 Å². The first-order valence-electron chi connectivity index (χ1n) is 8.33. The van der Waals surface area contributed by atoms with E-state index in [-0.39, 0.29) is 22.8 Å². The van der Waals surface area contributed by atoms with Crippen LogP contribution in [0.25, 0.3) is 0 Å². The summed E-state index contributed by atoms with van der Waals surface area (Å²) in [5.41, 5.74) is 0.00793. The molecule has 2 heterocycles. The Morgan fingerprint density at radius 2 is 2.04 bits per heavy atom. The third-order valence-electron chi connectivity index (χ3n) is 4.19. The van der Waals surface area contributed by atoms with E-state index < -0.39 is 10.8 Å². The summed E-state index contributed by atoms with van der Waals surface area (Å²) in [5, 5.41) is 13.5. The van der Waals surface area contributed by atoms with Crippen molar-refractivity contribution in [2.75, 3.05) is 18.0 Å². The maximum atomic E-state index is 12.3. The van der Waals surface area contributed by atoms with Gasteiger partial charge in [0, 0.05) is 31.4 Å². The van der Waals surface area contributed by atoms with Crippen LogP contribution in [-0.2, 0) is 6.54 Å². The highest BCUT2D eigenvalue weighted by atomic mass is 35.5. The number of aromatic nitrogens is 2. The number of anilines is 1. The van der Waals surface area contributed by atoms with Crippen LogP contribution in [-0.4, -0.2) is 33.9 Å². The van der Waals surface area contributed by atoms with Crippen LogP contribution in [0.4, 0.5) is 11.5 Å². The van der Waals surface area contributed by atoms with Gasteiger partial charge < -0.3 is 10.2 Å². The first-order chi connectivity index (χ1) is 12.5. The van der Waals surface area contributed by atoms with Gasteiger partial charge >= 0.3 is 0 Å². The highest BCUT2D eigenvalue weighted by molar-refractivity contribution is 6.34. The maximum Gasteiger partial charge on any atom is 0.270 e. The molecule has 1 aliphatic rings. The smallest absolute Gasteiger partial charge is 0.270 e. The molecule has 26 heavy (non-hydrogen) atoms. The van der Waals surface area contributed by atoms with Crippen molar-refractivity contribution in [1.29, 1.82) is 0 Å². The van der Waals surface area contributed by atoms with E-state index in [4.69, 9.17) is 11.6 Å². The topological polar surface area (TPSA) is 101 Å². The fourth-order valence-electron chi connectivity index (χ4n) is 2.83. The minimum Gasteiger partial charge on any atom is -0.357 e. The van der Waals surface area contributed by atoms with Gasteiger partial charge in [-0.25, -0.2) is 9.97 Å². The second kappa shape index (κ2) is 8.09. The molecule has 136 valence electrons. The Morgan fingerprint density at radius 1 is 1.27 bits per heavy atom. The number of benzene rings is 1. The minimum absolute atomic E-state index is 0.0275. The Labute approximate surface area is 155 Å². The molecule has 0 atom stereocenters. The molecule has 9 heteroatoms. The average molecular weight is 376 g/mol. The van der Waals surface area contributed by atoms with Crippen molar-refractivity contribution in [2.45, 2.75) is 25.8 Å². The molecule has 3 rings (SSSR count). The number of rotatable bonds is 5. The van der Waals surface area contributed by atoms with E-state index in [1.54, 1.807) is 6.20 Å². The van der Waals surface area contributed by atoms with Gasteiger partial charge in [-0.05, 0) is 31.4 Å². The van der Waals surface area contributed by atoms with Crippen molar-refractivity contribution in [3.8, 4) is 0 Å². The summed E-state index contributed by atoms with van der Waals surface area (Å²) < 4.78 is 0. The molecule has 2 aromatic rings. The number of halogens is 1. The summed E-state index contributed by atoms with van der Waals surface area (Å²) in [5.74, 6) is 0.925. The molecule has 1 aromatic carbocycles. The van der Waals surface area contributed by atoms with E-state index in [1.165, 1.54) is 18.6 Å². The molecule has 0 bridgehead atoms. The van der Waals surface area contributed by atoms with Crippen molar-refractivity contribution in [1.82, 2.24) is 15.3 Å². The molecular formula is C17H18ClN5O3. The monoisotopic (exact) mass is 375 g/mol. The fourth-order valence-corrected chi connectivity index (χ4v) is 3.09. The third kappa shape index (κ3) is 4.26. The summed E-state index contributed by atoms with van der Waals surface area (Å²) >= 11 is 5.97. The van der Waals surface area contributed by atoms with Gasteiger partial charge in [0.2, 0.25) is 0 Å². The molecule has 0 saturated carbocycles. The Hall–Kier alpha value is -2.74. The van der Waals surface area contributed by atoms with Gasteiger partial charge in [0.05, 0.1) is 22.1 Å². The first-order valence-corrected chi connectivity index (χ1v) is 8.71. The Kier molecular flexibility index (Phi) is 5.62. The molecule has 1 aromatic heterocycles. The number of carbonyl (C=O) groups is 1. The van der Waals surface area contributed by atoms with Crippen molar-refractivity contribution in [2.24, 2.45) is 0 Å². The van der Waals surface area contributed by atoms with Gasteiger partial charge in [0.1, 0.15) is 11.6 Å². The number of nitro benzene ring substituents is 1. The number of hydrogen-bond donors (Lipinski definition) is 1. The molecule has 1 amide bonds. The Balaban J connectivity index is 1.65. The minimum atomic E-state index is -0.562. The number of amides is 1. The van der Waals surface area contributed by atoms with Crippen LogP contribution >= 0.6 is 11.6 Å². The molecule has 0 radical (unpaired) electrons. The Bertz CT molecular complexity index is 824. The lowest BCUT2D eigenvalue weighted by Crippen LogP contribution is -2.31. The van der Waals surface area contributed by atoms with Crippen LogP contribution in [0.3, 0.4) is 0 Å². The summed E-state index contributed by atoms with van der Waals surface area (Å²) in [6.45, 7) is 2.09. The van der Waals surface area contributed by atoms with Crippen molar-refractivity contribution in [3.05, 3.63) is 57.0 Å². The maximum absolute atomic E-state index is 12.3. The summed E-state index contributed by atoms with van der Waals surface area (Å²) in [6, 6.07) is 5.60. The lowest BCUT2D eigenvalue weighted by Gasteiger charge is -2.27.